The summed E-state index contributed by atoms with van der Waals surface area (Å²) in [7, 11) is 0. The number of piperidine rings is 1. The fourth-order valence-corrected chi connectivity index (χ4v) is 1.27. The largest absolute Gasteiger partial charge is 0.458 e. The van der Waals surface area contributed by atoms with E-state index in [-0.39, 0.29) is 6.10 Å². The molecule has 76 valence electrons. The number of hydrogen-bond donors (Lipinski definition) is 1. The third kappa shape index (κ3) is 3.90. The summed E-state index contributed by atoms with van der Waals surface area (Å²) < 4.78 is 3.00. The first-order valence-electron chi connectivity index (χ1n) is 3.98. The molecule has 0 aromatic rings. The standard InChI is InChI=1S/C7H10Cl3NO2/c8-7(9,10)6(12)13-5-2-1-3-11-4-5/h5,11H,1-4H2/t5-/m1/s1. The monoisotopic (exact) mass is 245 g/mol. The van der Waals surface area contributed by atoms with Crippen LogP contribution in [0.4, 0.5) is 0 Å². The van der Waals surface area contributed by atoms with Gasteiger partial charge in [-0.25, -0.2) is 4.79 Å². The number of carbonyl (C=O) groups excluding carboxylic acids is 1. The van der Waals surface area contributed by atoms with Gasteiger partial charge in [0.05, 0.1) is 0 Å². The molecule has 0 unspecified atom stereocenters. The van der Waals surface area contributed by atoms with Crippen molar-refractivity contribution in [2.45, 2.75) is 22.7 Å². The maximum absolute atomic E-state index is 11.1. The molecule has 0 aliphatic carbocycles. The van der Waals surface area contributed by atoms with Crippen LogP contribution in [-0.2, 0) is 9.53 Å². The van der Waals surface area contributed by atoms with E-state index in [1.807, 2.05) is 0 Å². The second kappa shape index (κ2) is 4.69. The molecule has 6 heteroatoms. The molecule has 13 heavy (non-hydrogen) atoms. The third-order valence-electron chi connectivity index (χ3n) is 1.76. The Morgan fingerprint density at radius 3 is 2.62 bits per heavy atom. The molecule has 1 fully saturated rings. The average molecular weight is 247 g/mol. The van der Waals surface area contributed by atoms with Gasteiger partial charge in [0.2, 0.25) is 0 Å². The van der Waals surface area contributed by atoms with E-state index in [1.54, 1.807) is 0 Å². The highest BCUT2D eigenvalue weighted by molar-refractivity contribution is 6.75. The number of halogens is 3. The van der Waals surface area contributed by atoms with E-state index in [1.165, 1.54) is 0 Å². The van der Waals surface area contributed by atoms with Crippen molar-refractivity contribution in [3.8, 4) is 0 Å². The Bertz CT molecular complexity index is 187. The molecule has 1 heterocycles. The van der Waals surface area contributed by atoms with Crippen LogP contribution in [0.2, 0.25) is 0 Å². The number of alkyl halides is 3. The minimum Gasteiger partial charge on any atom is -0.458 e. The summed E-state index contributed by atoms with van der Waals surface area (Å²) >= 11 is 16.0. The molecule has 0 saturated carbocycles. The molecule has 1 atom stereocenters. The van der Waals surface area contributed by atoms with E-state index in [0.29, 0.717) is 6.54 Å². The van der Waals surface area contributed by atoms with E-state index in [9.17, 15) is 4.79 Å². The average Bonchev–Trinajstić information content (AvgIpc) is 2.04. The zero-order valence-electron chi connectivity index (χ0n) is 6.86. The molecule has 1 saturated heterocycles. The number of rotatable bonds is 1. The predicted molar refractivity (Wildman–Crippen MR) is 52.3 cm³/mol. The Kier molecular flexibility index (Phi) is 4.10. The molecule has 0 amide bonds. The van der Waals surface area contributed by atoms with E-state index < -0.39 is 9.76 Å². The normalized spacial score (nSPS) is 24.1. The zero-order chi connectivity index (χ0) is 9.90. The van der Waals surface area contributed by atoms with Gasteiger partial charge in [-0.05, 0) is 19.4 Å². The van der Waals surface area contributed by atoms with Crippen LogP contribution in [0.1, 0.15) is 12.8 Å². The van der Waals surface area contributed by atoms with Crippen molar-refractivity contribution in [1.82, 2.24) is 5.32 Å². The van der Waals surface area contributed by atoms with E-state index in [0.717, 1.165) is 19.4 Å². The van der Waals surface area contributed by atoms with Gasteiger partial charge in [-0.2, -0.15) is 0 Å². The van der Waals surface area contributed by atoms with Gasteiger partial charge in [0.1, 0.15) is 6.10 Å². The molecule has 1 aliphatic heterocycles. The van der Waals surface area contributed by atoms with Gasteiger partial charge in [-0.1, -0.05) is 34.8 Å². The molecule has 0 aromatic carbocycles. The number of carbonyl (C=O) groups is 1. The van der Waals surface area contributed by atoms with Gasteiger partial charge in [0.15, 0.2) is 0 Å². The highest BCUT2D eigenvalue weighted by atomic mass is 35.6. The Morgan fingerprint density at radius 1 is 1.46 bits per heavy atom. The number of nitrogens with one attached hydrogen (secondary N) is 1. The number of ether oxygens (including phenoxy) is 1. The lowest BCUT2D eigenvalue weighted by atomic mass is 10.1. The van der Waals surface area contributed by atoms with Crippen LogP contribution in [0, 0.1) is 0 Å². The second-order valence-corrected chi connectivity index (χ2v) is 5.15. The molecule has 1 rings (SSSR count). The van der Waals surface area contributed by atoms with Crippen molar-refractivity contribution in [3.63, 3.8) is 0 Å². The lowest BCUT2D eigenvalue weighted by Gasteiger charge is -2.24. The van der Waals surface area contributed by atoms with Crippen LogP contribution in [0.5, 0.6) is 0 Å². The quantitative estimate of drug-likeness (QED) is 0.565. The van der Waals surface area contributed by atoms with Crippen LogP contribution in [0.25, 0.3) is 0 Å². The van der Waals surface area contributed by atoms with Crippen LogP contribution in [0.15, 0.2) is 0 Å². The van der Waals surface area contributed by atoms with Crippen molar-refractivity contribution in [2.75, 3.05) is 13.1 Å². The van der Waals surface area contributed by atoms with Crippen LogP contribution >= 0.6 is 34.8 Å². The van der Waals surface area contributed by atoms with E-state index in [2.05, 4.69) is 5.32 Å². The summed E-state index contributed by atoms with van der Waals surface area (Å²) in [5.41, 5.74) is 0. The minimum atomic E-state index is -1.96. The van der Waals surface area contributed by atoms with Crippen molar-refractivity contribution in [2.24, 2.45) is 0 Å². The summed E-state index contributed by atoms with van der Waals surface area (Å²) in [5, 5.41) is 3.09. The Balaban J connectivity index is 2.35. The summed E-state index contributed by atoms with van der Waals surface area (Å²) in [6.07, 6.45) is 1.62. The van der Waals surface area contributed by atoms with Gasteiger partial charge >= 0.3 is 5.97 Å². The van der Waals surface area contributed by atoms with Crippen molar-refractivity contribution < 1.29 is 9.53 Å². The van der Waals surface area contributed by atoms with Gasteiger partial charge in [-0.15, -0.1) is 0 Å². The molecule has 0 bridgehead atoms. The Morgan fingerprint density at radius 2 is 2.15 bits per heavy atom. The smallest absolute Gasteiger partial charge is 0.358 e. The number of hydrogen-bond acceptors (Lipinski definition) is 3. The summed E-state index contributed by atoms with van der Waals surface area (Å²) in [6.45, 7) is 1.58. The lowest BCUT2D eigenvalue weighted by Crippen LogP contribution is -2.39. The molecule has 0 radical (unpaired) electrons. The third-order valence-corrected chi connectivity index (χ3v) is 2.22. The molecule has 3 nitrogen and oxygen atoms in total. The summed E-state index contributed by atoms with van der Waals surface area (Å²) in [6, 6.07) is 0. The van der Waals surface area contributed by atoms with Gasteiger partial charge < -0.3 is 10.1 Å². The summed E-state index contributed by atoms with van der Waals surface area (Å²) in [5.74, 6) is -0.800. The molecule has 0 spiro atoms. The first-order valence-corrected chi connectivity index (χ1v) is 5.12. The second-order valence-electron chi connectivity index (χ2n) is 2.87. The minimum absolute atomic E-state index is 0.170. The van der Waals surface area contributed by atoms with Crippen LogP contribution in [0.3, 0.4) is 0 Å². The van der Waals surface area contributed by atoms with E-state index >= 15 is 0 Å². The summed E-state index contributed by atoms with van der Waals surface area (Å²) in [4.78, 5) is 11.1. The fraction of sp³-hybridized carbons (Fsp3) is 0.857. The van der Waals surface area contributed by atoms with Gasteiger partial charge in [0.25, 0.3) is 3.79 Å². The highest BCUT2D eigenvalue weighted by Gasteiger charge is 2.34. The first-order chi connectivity index (χ1) is 6.00. The van der Waals surface area contributed by atoms with Crippen molar-refractivity contribution in [3.05, 3.63) is 0 Å². The van der Waals surface area contributed by atoms with Crippen LogP contribution < -0.4 is 5.32 Å². The maximum atomic E-state index is 11.1. The SMILES string of the molecule is O=C(O[C@@H]1CCCNC1)C(Cl)(Cl)Cl. The first kappa shape index (κ1) is 11.4. The predicted octanol–water partition coefficient (Wildman–Crippen LogP) is 1.65. The van der Waals surface area contributed by atoms with Crippen molar-refractivity contribution in [1.29, 1.82) is 0 Å². The Labute approximate surface area is 91.7 Å². The molecule has 1 N–H and O–H groups in total. The van der Waals surface area contributed by atoms with Crippen molar-refractivity contribution >= 4 is 40.8 Å². The zero-order valence-corrected chi connectivity index (χ0v) is 9.12. The molecular formula is C7H10Cl3NO2. The number of esters is 1. The molecular weight excluding hydrogens is 236 g/mol. The van der Waals surface area contributed by atoms with E-state index in [4.69, 9.17) is 39.5 Å². The van der Waals surface area contributed by atoms with Gasteiger partial charge in [-0.3, -0.25) is 0 Å². The Hall–Kier alpha value is 0.300. The van der Waals surface area contributed by atoms with Gasteiger partial charge in [0, 0.05) is 6.54 Å². The molecule has 0 aromatic heterocycles. The highest BCUT2D eigenvalue weighted by Crippen LogP contribution is 2.28. The fourth-order valence-electron chi connectivity index (χ4n) is 1.14. The maximum Gasteiger partial charge on any atom is 0.358 e. The topological polar surface area (TPSA) is 38.3 Å². The van der Waals surface area contributed by atoms with Crippen LogP contribution in [-0.4, -0.2) is 29.0 Å². The lowest BCUT2D eigenvalue weighted by molar-refractivity contribution is -0.148. The molecule has 1 aliphatic rings.